The fourth-order valence-electron chi connectivity index (χ4n) is 1.35. The molecule has 1 rings (SSSR count). The number of unbranched alkanes of at least 4 members (excludes halogenated alkanes) is 1. The summed E-state index contributed by atoms with van der Waals surface area (Å²) in [6.07, 6.45) is 1.95. The van der Waals surface area contributed by atoms with Crippen LogP contribution in [-0.4, -0.2) is 30.1 Å². The number of nitrogens with one attached hydrogen (secondary N) is 1. The average molecular weight is 330 g/mol. The first-order valence-electron chi connectivity index (χ1n) is 5.97. The molecule has 19 heavy (non-hydrogen) atoms. The lowest BCUT2D eigenvalue weighted by Crippen LogP contribution is -2.29. The van der Waals surface area contributed by atoms with Crippen molar-refractivity contribution >= 4 is 27.8 Å². The zero-order chi connectivity index (χ0) is 14.3. The number of hydrogen-bond acceptors (Lipinski definition) is 3. The van der Waals surface area contributed by atoms with Gasteiger partial charge >= 0.3 is 5.97 Å². The summed E-state index contributed by atoms with van der Waals surface area (Å²) in [6.45, 7) is 2.59. The van der Waals surface area contributed by atoms with E-state index in [0.717, 1.165) is 12.8 Å². The van der Waals surface area contributed by atoms with E-state index in [0.29, 0.717) is 16.8 Å². The largest absolute Gasteiger partial charge is 0.483 e. The van der Waals surface area contributed by atoms with Crippen LogP contribution in [0.4, 0.5) is 0 Å². The Morgan fingerprint density at radius 1 is 1.42 bits per heavy atom. The number of carbonyl (C=O) groups excluding carboxylic acids is 1. The standard InChI is InChI=1S/C13H16BrNO4/c1-2-3-6-15-12(16)8-19-11-5-4-9(13(17)18)7-10(11)14/h4-5,7H,2-3,6,8H2,1H3,(H,15,16)(H,17,18). The van der Waals surface area contributed by atoms with Crippen LogP contribution in [0.1, 0.15) is 30.1 Å². The summed E-state index contributed by atoms with van der Waals surface area (Å²) in [5.74, 6) is -0.761. The Balaban J connectivity index is 2.49. The van der Waals surface area contributed by atoms with E-state index < -0.39 is 5.97 Å². The molecule has 0 aliphatic heterocycles. The van der Waals surface area contributed by atoms with Crippen molar-refractivity contribution < 1.29 is 19.4 Å². The first-order chi connectivity index (χ1) is 9.04. The van der Waals surface area contributed by atoms with Gasteiger partial charge in [-0.1, -0.05) is 13.3 Å². The van der Waals surface area contributed by atoms with Crippen LogP contribution in [0, 0.1) is 0 Å². The SMILES string of the molecule is CCCCNC(=O)COc1ccc(C(=O)O)cc1Br. The lowest BCUT2D eigenvalue weighted by molar-refractivity contribution is -0.123. The molecule has 0 aliphatic rings. The Bertz CT molecular complexity index is 462. The molecule has 0 bridgehead atoms. The quantitative estimate of drug-likeness (QED) is 0.753. The Kier molecular flexibility index (Phi) is 6.35. The van der Waals surface area contributed by atoms with Gasteiger partial charge in [-0.05, 0) is 40.5 Å². The van der Waals surface area contributed by atoms with Crippen LogP contribution in [0.5, 0.6) is 5.75 Å². The molecule has 0 unspecified atom stereocenters. The lowest BCUT2D eigenvalue weighted by atomic mass is 10.2. The van der Waals surface area contributed by atoms with Gasteiger partial charge in [0, 0.05) is 6.54 Å². The number of halogens is 1. The van der Waals surface area contributed by atoms with Gasteiger partial charge in [0.25, 0.3) is 5.91 Å². The second-order valence-electron chi connectivity index (χ2n) is 3.94. The molecule has 2 N–H and O–H groups in total. The molecule has 0 fully saturated rings. The highest BCUT2D eigenvalue weighted by Crippen LogP contribution is 2.25. The average Bonchev–Trinajstić information content (AvgIpc) is 2.37. The topological polar surface area (TPSA) is 75.6 Å². The van der Waals surface area contributed by atoms with Gasteiger partial charge < -0.3 is 15.2 Å². The molecular weight excluding hydrogens is 314 g/mol. The van der Waals surface area contributed by atoms with Crippen LogP contribution >= 0.6 is 15.9 Å². The molecule has 0 atom stereocenters. The summed E-state index contributed by atoms with van der Waals surface area (Å²) in [4.78, 5) is 22.2. The van der Waals surface area contributed by atoms with Gasteiger partial charge in [-0.3, -0.25) is 4.79 Å². The Morgan fingerprint density at radius 3 is 2.74 bits per heavy atom. The third-order valence-electron chi connectivity index (χ3n) is 2.39. The monoisotopic (exact) mass is 329 g/mol. The highest BCUT2D eigenvalue weighted by atomic mass is 79.9. The number of hydrogen-bond donors (Lipinski definition) is 2. The second-order valence-corrected chi connectivity index (χ2v) is 4.80. The highest BCUT2D eigenvalue weighted by Gasteiger charge is 2.09. The normalized spacial score (nSPS) is 10.0. The molecule has 104 valence electrons. The van der Waals surface area contributed by atoms with Gasteiger partial charge in [-0.2, -0.15) is 0 Å². The van der Waals surface area contributed by atoms with E-state index in [2.05, 4.69) is 21.2 Å². The Morgan fingerprint density at radius 2 is 2.16 bits per heavy atom. The van der Waals surface area contributed by atoms with Crippen LogP contribution in [-0.2, 0) is 4.79 Å². The van der Waals surface area contributed by atoms with Crippen LogP contribution in [0.3, 0.4) is 0 Å². The van der Waals surface area contributed by atoms with Gasteiger partial charge in [-0.15, -0.1) is 0 Å². The maximum atomic E-state index is 11.4. The van der Waals surface area contributed by atoms with Crippen molar-refractivity contribution in [1.82, 2.24) is 5.32 Å². The number of carboxylic acid groups (broad SMARTS) is 1. The lowest BCUT2D eigenvalue weighted by Gasteiger charge is -2.09. The molecule has 6 heteroatoms. The number of amides is 1. The van der Waals surface area contributed by atoms with Gasteiger partial charge in [0.15, 0.2) is 6.61 Å². The molecule has 0 aromatic heterocycles. The van der Waals surface area contributed by atoms with Gasteiger partial charge in [-0.25, -0.2) is 4.79 Å². The molecule has 5 nitrogen and oxygen atoms in total. The number of carbonyl (C=O) groups is 2. The molecule has 0 aliphatic carbocycles. The number of ether oxygens (including phenoxy) is 1. The molecule has 0 saturated carbocycles. The maximum absolute atomic E-state index is 11.4. The van der Waals surface area contributed by atoms with Crippen LogP contribution in [0.15, 0.2) is 22.7 Å². The van der Waals surface area contributed by atoms with E-state index in [1.165, 1.54) is 18.2 Å². The van der Waals surface area contributed by atoms with Crippen LogP contribution in [0.2, 0.25) is 0 Å². The molecule has 1 aromatic rings. The van der Waals surface area contributed by atoms with Crippen molar-refractivity contribution in [2.45, 2.75) is 19.8 Å². The van der Waals surface area contributed by atoms with E-state index >= 15 is 0 Å². The fraction of sp³-hybridized carbons (Fsp3) is 0.385. The number of benzene rings is 1. The minimum absolute atomic E-state index is 0.0886. The molecule has 0 spiro atoms. The van der Waals surface area contributed by atoms with Gasteiger partial charge in [0.2, 0.25) is 0 Å². The minimum atomic E-state index is -1.01. The fourth-order valence-corrected chi connectivity index (χ4v) is 1.84. The first kappa shape index (κ1) is 15.5. The Labute approximate surface area is 120 Å². The van der Waals surface area contributed by atoms with E-state index in [-0.39, 0.29) is 18.1 Å². The predicted octanol–water partition coefficient (Wildman–Crippen LogP) is 2.44. The predicted molar refractivity (Wildman–Crippen MR) is 74.5 cm³/mol. The highest BCUT2D eigenvalue weighted by molar-refractivity contribution is 9.10. The number of rotatable bonds is 7. The van der Waals surface area contributed by atoms with E-state index in [1.807, 2.05) is 6.92 Å². The third-order valence-corrected chi connectivity index (χ3v) is 3.01. The minimum Gasteiger partial charge on any atom is -0.483 e. The molecular formula is C13H16BrNO4. The van der Waals surface area contributed by atoms with E-state index in [4.69, 9.17) is 9.84 Å². The van der Waals surface area contributed by atoms with Crippen molar-refractivity contribution in [3.63, 3.8) is 0 Å². The smallest absolute Gasteiger partial charge is 0.335 e. The maximum Gasteiger partial charge on any atom is 0.335 e. The van der Waals surface area contributed by atoms with Crippen molar-refractivity contribution in [3.05, 3.63) is 28.2 Å². The zero-order valence-corrected chi connectivity index (χ0v) is 12.2. The van der Waals surface area contributed by atoms with Gasteiger partial charge in [0.1, 0.15) is 5.75 Å². The zero-order valence-electron chi connectivity index (χ0n) is 10.6. The van der Waals surface area contributed by atoms with Crippen molar-refractivity contribution in [2.75, 3.05) is 13.2 Å². The van der Waals surface area contributed by atoms with E-state index in [9.17, 15) is 9.59 Å². The second kappa shape index (κ2) is 7.78. The van der Waals surface area contributed by atoms with Crippen molar-refractivity contribution in [1.29, 1.82) is 0 Å². The van der Waals surface area contributed by atoms with E-state index in [1.54, 1.807) is 0 Å². The molecule has 1 aromatic carbocycles. The first-order valence-corrected chi connectivity index (χ1v) is 6.76. The summed E-state index contributed by atoms with van der Waals surface area (Å²) in [5, 5.41) is 11.5. The summed E-state index contributed by atoms with van der Waals surface area (Å²) < 4.78 is 5.82. The van der Waals surface area contributed by atoms with Crippen LogP contribution < -0.4 is 10.1 Å². The molecule has 0 radical (unpaired) electrons. The number of aromatic carboxylic acids is 1. The van der Waals surface area contributed by atoms with Crippen LogP contribution in [0.25, 0.3) is 0 Å². The summed E-state index contributed by atoms with van der Waals surface area (Å²) >= 11 is 3.21. The third kappa shape index (κ3) is 5.30. The van der Waals surface area contributed by atoms with Crippen molar-refractivity contribution in [2.24, 2.45) is 0 Å². The molecule has 0 saturated heterocycles. The summed E-state index contributed by atoms with van der Waals surface area (Å²) in [7, 11) is 0. The summed E-state index contributed by atoms with van der Waals surface area (Å²) in [6, 6.07) is 4.39. The van der Waals surface area contributed by atoms with Gasteiger partial charge in [0.05, 0.1) is 10.0 Å². The Hall–Kier alpha value is -1.56. The van der Waals surface area contributed by atoms with Crippen molar-refractivity contribution in [3.8, 4) is 5.75 Å². The molecule has 0 heterocycles. The summed E-state index contributed by atoms with van der Waals surface area (Å²) in [5.41, 5.74) is 0.159. The molecule has 1 amide bonds. The number of carboxylic acids is 1.